The average Bonchev–Trinajstić information content (AvgIpc) is 3.10. The van der Waals surface area contributed by atoms with Crippen LogP contribution in [0, 0.1) is 5.82 Å². The Labute approximate surface area is 173 Å². The Bertz CT molecular complexity index is 986. The van der Waals surface area contributed by atoms with E-state index in [9.17, 15) is 4.79 Å². The van der Waals surface area contributed by atoms with Gasteiger partial charge in [-0.3, -0.25) is 4.79 Å². The highest BCUT2D eigenvalue weighted by Crippen LogP contribution is 2.36. The number of thiazole rings is 1. The molecule has 0 radical (unpaired) electrons. The van der Waals surface area contributed by atoms with Crippen LogP contribution in [0.25, 0.3) is 11.1 Å². The van der Waals surface area contributed by atoms with Crippen LogP contribution in [0.5, 0.6) is 5.75 Å². The van der Waals surface area contributed by atoms with Gasteiger partial charge in [0.1, 0.15) is 22.4 Å². The van der Waals surface area contributed by atoms with Gasteiger partial charge in [-0.05, 0) is 35.7 Å². The number of rotatable bonds is 8. The smallest absolute Gasteiger partial charge is 0.139 e. The van der Waals surface area contributed by atoms with E-state index in [4.69, 9.17) is 16.3 Å². The minimum atomic E-state index is -0.349. The maximum atomic E-state index is 15.3. The number of Topliss-reactive ketones (excluding diaryl/α,β-unsaturated/α-hetero) is 1. The van der Waals surface area contributed by atoms with Gasteiger partial charge in [-0.1, -0.05) is 36.7 Å². The van der Waals surface area contributed by atoms with Crippen molar-refractivity contribution in [3.63, 3.8) is 0 Å². The molecule has 6 heteroatoms. The third kappa shape index (κ3) is 4.78. The van der Waals surface area contributed by atoms with Crippen LogP contribution >= 0.6 is 22.9 Å². The van der Waals surface area contributed by atoms with Gasteiger partial charge >= 0.3 is 0 Å². The topological polar surface area (TPSA) is 39.2 Å². The first-order valence-electron chi connectivity index (χ1n) is 9.08. The van der Waals surface area contributed by atoms with Crippen LogP contribution in [0.2, 0.25) is 5.02 Å². The zero-order valence-corrected chi connectivity index (χ0v) is 17.4. The number of carbonyl (C=O) groups excluding carboxylic acids is 1. The molecule has 3 aromatic rings. The van der Waals surface area contributed by atoms with Crippen molar-refractivity contribution in [1.82, 2.24) is 4.98 Å². The number of hydrogen-bond donors (Lipinski definition) is 0. The van der Waals surface area contributed by atoms with Crippen molar-refractivity contribution in [2.24, 2.45) is 0 Å². The third-order valence-electron chi connectivity index (χ3n) is 4.37. The first kappa shape index (κ1) is 20.5. The molecule has 0 amide bonds. The zero-order valence-electron chi connectivity index (χ0n) is 15.8. The highest BCUT2D eigenvalue weighted by atomic mass is 35.5. The number of methoxy groups -OCH3 is 1. The fourth-order valence-electron chi connectivity index (χ4n) is 3.06. The quantitative estimate of drug-likeness (QED) is 0.443. The predicted octanol–water partition coefficient (Wildman–Crippen LogP) is 6.11. The number of halogens is 2. The molecule has 2 aromatic carbocycles. The lowest BCUT2D eigenvalue weighted by Crippen LogP contribution is -2.02. The minimum absolute atomic E-state index is 0.183. The number of nitrogens with zero attached hydrogens (tertiary/aromatic N) is 1. The van der Waals surface area contributed by atoms with Gasteiger partial charge in [0.05, 0.1) is 24.8 Å². The normalized spacial score (nSPS) is 10.9. The molecule has 0 unspecified atom stereocenters. The summed E-state index contributed by atoms with van der Waals surface area (Å²) >= 11 is 7.52. The summed E-state index contributed by atoms with van der Waals surface area (Å²) in [4.78, 5) is 16.3. The van der Waals surface area contributed by atoms with Gasteiger partial charge in [0.25, 0.3) is 0 Å². The molecule has 3 nitrogen and oxygen atoms in total. The van der Waals surface area contributed by atoms with Gasteiger partial charge in [-0.25, -0.2) is 9.37 Å². The van der Waals surface area contributed by atoms with Crippen molar-refractivity contribution in [3.05, 3.63) is 68.9 Å². The van der Waals surface area contributed by atoms with Crippen LogP contribution in [0.3, 0.4) is 0 Å². The van der Waals surface area contributed by atoms with Crippen LogP contribution in [-0.2, 0) is 17.6 Å². The number of benzene rings is 2. The summed E-state index contributed by atoms with van der Waals surface area (Å²) in [5.41, 5.74) is 2.32. The molecule has 0 N–H and O–H groups in total. The molecule has 0 atom stereocenters. The monoisotopic (exact) mass is 417 g/mol. The van der Waals surface area contributed by atoms with E-state index in [2.05, 4.69) is 4.98 Å². The van der Waals surface area contributed by atoms with E-state index >= 15 is 4.39 Å². The molecular weight excluding hydrogens is 397 g/mol. The summed E-state index contributed by atoms with van der Waals surface area (Å²) in [6.45, 7) is 1.98. The third-order valence-corrected chi connectivity index (χ3v) is 5.50. The van der Waals surface area contributed by atoms with E-state index in [0.29, 0.717) is 46.7 Å². The van der Waals surface area contributed by atoms with Crippen LogP contribution < -0.4 is 4.74 Å². The van der Waals surface area contributed by atoms with Gasteiger partial charge in [0.2, 0.25) is 0 Å². The highest BCUT2D eigenvalue weighted by Gasteiger charge is 2.18. The van der Waals surface area contributed by atoms with Crippen LogP contribution in [0.4, 0.5) is 4.39 Å². The van der Waals surface area contributed by atoms with Crippen LogP contribution in [0.15, 0.2) is 41.8 Å². The fourth-order valence-corrected chi connectivity index (χ4v) is 4.08. The van der Waals surface area contributed by atoms with Gasteiger partial charge in [0.15, 0.2) is 0 Å². The van der Waals surface area contributed by atoms with E-state index in [0.717, 1.165) is 17.1 Å². The summed E-state index contributed by atoms with van der Waals surface area (Å²) in [7, 11) is 1.52. The number of carbonyl (C=O) groups is 1. The molecule has 0 aliphatic rings. The molecule has 3 rings (SSSR count). The largest absolute Gasteiger partial charge is 0.496 e. The van der Waals surface area contributed by atoms with E-state index in [-0.39, 0.29) is 11.6 Å². The predicted molar refractivity (Wildman–Crippen MR) is 112 cm³/mol. The molecule has 1 aromatic heterocycles. The number of hydrogen-bond acceptors (Lipinski definition) is 4. The molecule has 0 bridgehead atoms. The highest BCUT2D eigenvalue weighted by molar-refractivity contribution is 7.09. The Kier molecular flexibility index (Phi) is 6.81. The van der Waals surface area contributed by atoms with Crippen LogP contribution in [0.1, 0.15) is 36.0 Å². The van der Waals surface area contributed by atoms with Crippen molar-refractivity contribution in [2.75, 3.05) is 7.11 Å². The van der Waals surface area contributed by atoms with Gasteiger partial charge < -0.3 is 4.74 Å². The lowest BCUT2D eigenvalue weighted by atomic mass is 9.99. The molecule has 0 spiro atoms. The second-order valence-electron chi connectivity index (χ2n) is 6.50. The number of ketones is 1. The van der Waals surface area contributed by atoms with Gasteiger partial charge in [-0.2, -0.15) is 0 Å². The Morgan fingerprint density at radius 3 is 2.82 bits per heavy atom. The lowest BCUT2D eigenvalue weighted by Gasteiger charge is -2.13. The minimum Gasteiger partial charge on any atom is -0.496 e. The summed E-state index contributed by atoms with van der Waals surface area (Å²) < 4.78 is 20.7. The molecular formula is C22H21ClFNO2S. The van der Waals surface area contributed by atoms with Crippen molar-refractivity contribution < 1.29 is 13.9 Å². The summed E-state index contributed by atoms with van der Waals surface area (Å²) in [5.74, 6) is 0.285. The van der Waals surface area contributed by atoms with Gasteiger partial charge in [0, 0.05) is 23.2 Å². The summed E-state index contributed by atoms with van der Waals surface area (Å²) in [6, 6.07) is 10.5. The maximum absolute atomic E-state index is 15.3. The molecule has 28 heavy (non-hydrogen) atoms. The zero-order chi connectivity index (χ0) is 20.1. The van der Waals surface area contributed by atoms with E-state index < -0.39 is 0 Å². The van der Waals surface area contributed by atoms with E-state index in [1.165, 1.54) is 18.4 Å². The first-order valence-corrected chi connectivity index (χ1v) is 10.3. The average molecular weight is 418 g/mol. The van der Waals surface area contributed by atoms with E-state index in [1.807, 2.05) is 12.3 Å². The number of aromatic nitrogens is 1. The fraction of sp³-hybridized carbons (Fsp3) is 0.273. The maximum Gasteiger partial charge on any atom is 0.139 e. The second-order valence-corrected chi connectivity index (χ2v) is 7.88. The Balaban J connectivity index is 1.89. The Morgan fingerprint density at radius 2 is 2.11 bits per heavy atom. The van der Waals surface area contributed by atoms with E-state index in [1.54, 1.807) is 36.4 Å². The second kappa shape index (κ2) is 9.30. The lowest BCUT2D eigenvalue weighted by molar-refractivity contribution is -0.118. The van der Waals surface area contributed by atoms with Crippen molar-refractivity contribution in [3.8, 4) is 16.9 Å². The molecule has 0 aliphatic heterocycles. The van der Waals surface area contributed by atoms with Gasteiger partial charge in [-0.15, -0.1) is 11.3 Å². The summed E-state index contributed by atoms with van der Waals surface area (Å²) in [5, 5.41) is 3.19. The Hall–Kier alpha value is -2.24. The molecule has 0 saturated heterocycles. The Morgan fingerprint density at radius 1 is 1.29 bits per heavy atom. The molecule has 1 heterocycles. The summed E-state index contributed by atoms with van der Waals surface area (Å²) in [6.07, 6.45) is 2.09. The molecule has 0 aliphatic carbocycles. The first-order chi connectivity index (χ1) is 13.5. The van der Waals surface area contributed by atoms with Crippen LogP contribution in [-0.4, -0.2) is 17.9 Å². The van der Waals surface area contributed by atoms with Crippen molar-refractivity contribution >= 4 is 28.7 Å². The molecule has 0 fully saturated rings. The SMILES string of the molecule is CCCC(=O)Cc1nc(Cc2ccc(OC)c(-c3cccc(Cl)c3)c2F)cs1. The standard InChI is InChI=1S/C22H21ClFNO2S/c1-3-5-18(26)12-20-25-17(13-28-20)11-15-8-9-19(27-2)21(22(15)24)14-6-4-7-16(23)10-14/h4,6-10,13H,3,5,11-12H2,1-2H3. The number of ether oxygens (including phenoxy) is 1. The molecule has 146 valence electrons. The van der Waals surface area contributed by atoms with Crippen molar-refractivity contribution in [2.45, 2.75) is 32.6 Å². The van der Waals surface area contributed by atoms with Crippen molar-refractivity contribution in [1.29, 1.82) is 0 Å². The molecule has 0 saturated carbocycles.